The van der Waals surface area contributed by atoms with Crippen molar-refractivity contribution in [3.05, 3.63) is 35.4 Å². The van der Waals surface area contributed by atoms with Crippen molar-refractivity contribution in [3.63, 3.8) is 0 Å². The summed E-state index contributed by atoms with van der Waals surface area (Å²) in [6.45, 7) is 17.3. The number of benzene rings is 1. The lowest BCUT2D eigenvalue weighted by atomic mass is 10.1. The van der Waals surface area contributed by atoms with Gasteiger partial charge in [0.05, 0.1) is 26.4 Å². The van der Waals surface area contributed by atoms with Gasteiger partial charge in [-0.15, -0.1) is 0 Å². The summed E-state index contributed by atoms with van der Waals surface area (Å²) in [6.07, 6.45) is 0. The summed E-state index contributed by atoms with van der Waals surface area (Å²) < 4.78 is 11.0. The van der Waals surface area contributed by atoms with Crippen molar-refractivity contribution in [3.8, 4) is 0 Å². The predicted octanol–water partition coefficient (Wildman–Crippen LogP) is 3.02. The van der Waals surface area contributed by atoms with Gasteiger partial charge in [0.2, 0.25) is 0 Å². The Kier molecular flexibility index (Phi) is 10.5. The Hall–Kier alpha value is -1.63. The first-order valence-electron chi connectivity index (χ1n) is 11.1. The van der Waals surface area contributed by atoms with Crippen molar-refractivity contribution in [1.29, 1.82) is 0 Å². The zero-order chi connectivity index (χ0) is 21.1. The van der Waals surface area contributed by atoms with Crippen molar-refractivity contribution in [2.24, 2.45) is 10.9 Å². The Morgan fingerprint density at radius 1 is 1.17 bits per heavy atom. The molecule has 2 N–H and O–H groups in total. The first-order valence-corrected chi connectivity index (χ1v) is 11.1. The minimum Gasteiger partial charge on any atom is -0.379 e. The van der Waals surface area contributed by atoms with E-state index in [-0.39, 0.29) is 0 Å². The average Bonchev–Trinajstić information content (AvgIpc) is 3.07. The number of nitrogens with zero attached hydrogens (tertiary/aromatic N) is 2. The van der Waals surface area contributed by atoms with E-state index in [1.165, 1.54) is 11.1 Å². The zero-order valence-corrected chi connectivity index (χ0v) is 18.9. The molecule has 1 saturated heterocycles. The first-order chi connectivity index (χ1) is 14.0. The molecule has 0 saturated carbocycles. The number of guanidine groups is 1. The second-order valence-electron chi connectivity index (χ2n) is 8.04. The third-order valence-corrected chi connectivity index (χ3v) is 5.29. The molecule has 2 rings (SSSR count). The van der Waals surface area contributed by atoms with Crippen LogP contribution in [0.25, 0.3) is 0 Å². The molecule has 1 aromatic rings. The third-order valence-electron chi connectivity index (χ3n) is 5.29. The lowest BCUT2D eigenvalue weighted by molar-refractivity contribution is 0.0453. The summed E-state index contributed by atoms with van der Waals surface area (Å²) in [5.41, 5.74) is 2.36. The third kappa shape index (κ3) is 8.33. The molecule has 164 valence electrons. The molecule has 0 radical (unpaired) electrons. The topological polar surface area (TPSA) is 58.1 Å². The number of ether oxygens (including phenoxy) is 2. The molecular formula is C23H40N4O2. The fraction of sp³-hybridized carbons (Fsp3) is 0.696. The fourth-order valence-corrected chi connectivity index (χ4v) is 3.55. The lowest BCUT2D eigenvalue weighted by Crippen LogP contribution is -2.46. The number of aliphatic imine (C=N–C) groups is 1. The van der Waals surface area contributed by atoms with Crippen LogP contribution >= 0.6 is 0 Å². The number of rotatable bonds is 11. The van der Waals surface area contributed by atoms with Crippen LogP contribution in [-0.4, -0.2) is 62.4 Å². The number of likely N-dealkylation sites (tertiary alicyclic amines) is 1. The van der Waals surface area contributed by atoms with Crippen LogP contribution in [0.1, 0.15) is 45.7 Å². The van der Waals surface area contributed by atoms with E-state index in [0.717, 1.165) is 32.2 Å². The van der Waals surface area contributed by atoms with Gasteiger partial charge < -0.3 is 20.1 Å². The SMILES string of the molecule is CCNC(=NCc1cccc(COCCOCC)c1)NC1CN(C(C)C)CC1C. The van der Waals surface area contributed by atoms with E-state index >= 15 is 0 Å². The zero-order valence-electron chi connectivity index (χ0n) is 18.9. The van der Waals surface area contributed by atoms with E-state index in [9.17, 15) is 0 Å². The Balaban J connectivity index is 1.90. The standard InChI is InChI=1S/C23H40N4O2/c1-6-24-23(26-22-16-27(18(3)4)15-19(22)5)25-14-20-9-8-10-21(13-20)17-29-12-11-28-7-2/h8-10,13,18-19,22H,6-7,11-12,14-17H2,1-5H3,(H2,24,25,26). The van der Waals surface area contributed by atoms with Crippen LogP contribution in [0.5, 0.6) is 0 Å². The van der Waals surface area contributed by atoms with Gasteiger partial charge in [-0.05, 0) is 44.7 Å². The maximum atomic E-state index is 5.68. The van der Waals surface area contributed by atoms with Gasteiger partial charge >= 0.3 is 0 Å². The van der Waals surface area contributed by atoms with Crippen molar-refractivity contribution < 1.29 is 9.47 Å². The van der Waals surface area contributed by atoms with Gasteiger partial charge in [-0.3, -0.25) is 4.90 Å². The van der Waals surface area contributed by atoms with Gasteiger partial charge in [0.1, 0.15) is 0 Å². The second kappa shape index (κ2) is 12.8. The minimum absolute atomic E-state index is 0.431. The van der Waals surface area contributed by atoms with Crippen LogP contribution in [-0.2, 0) is 22.6 Å². The van der Waals surface area contributed by atoms with E-state index in [2.05, 4.69) is 67.5 Å². The summed E-state index contributed by atoms with van der Waals surface area (Å²) >= 11 is 0. The van der Waals surface area contributed by atoms with Gasteiger partial charge in [-0.1, -0.05) is 31.2 Å². The first kappa shape index (κ1) is 23.6. The molecule has 0 bridgehead atoms. The highest BCUT2D eigenvalue weighted by atomic mass is 16.5. The second-order valence-corrected chi connectivity index (χ2v) is 8.04. The normalized spacial score (nSPS) is 20.4. The number of hydrogen-bond donors (Lipinski definition) is 2. The maximum Gasteiger partial charge on any atom is 0.191 e. The smallest absolute Gasteiger partial charge is 0.191 e. The molecule has 6 heteroatoms. The molecular weight excluding hydrogens is 364 g/mol. The van der Waals surface area contributed by atoms with E-state index in [4.69, 9.17) is 14.5 Å². The molecule has 2 unspecified atom stereocenters. The summed E-state index contributed by atoms with van der Waals surface area (Å²) in [4.78, 5) is 7.36. The highest BCUT2D eigenvalue weighted by molar-refractivity contribution is 5.80. The Morgan fingerprint density at radius 3 is 2.62 bits per heavy atom. The lowest BCUT2D eigenvalue weighted by Gasteiger charge is -2.22. The van der Waals surface area contributed by atoms with Crippen molar-refractivity contribution in [2.75, 3.05) is 39.5 Å². The summed E-state index contributed by atoms with van der Waals surface area (Å²) in [5, 5.41) is 7.04. The molecule has 2 atom stereocenters. The van der Waals surface area contributed by atoms with Crippen molar-refractivity contribution in [2.45, 2.75) is 59.9 Å². The van der Waals surface area contributed by atoms with Gasteiger partial charge in [-0.25, -0.2) is 4.99 Å². The van der Waals surface area contributed by atoms with Crippen LogP contribution in [0.2, 0.25) is 0 Å². The monoisotopic (exact) mass is 404 g/mol. The molecule has 0 aliphatic carbocycles. The van der Waals surface area contributed by atoms with Crippen molar-refractivity contribution >= 4 is 5.96 Å². The van der Waals surface area contributed by atoms with E-state index < -0.39 is 0 Å². The molecule has 0 amide bonds. The Morgan fingerprint density at radius 2 is 1.93 bits per heavy atom. The number of nitrogens with one attached hydrogen (secondary N) is 2. The van der Waals surface area contributed by atoms with Gasteiger partial charge in [0.25, 0.3) is 0 Å². The molecule has 1 aromatic carbocycles. The van der Waals surface area contributed by atoms with E-state index in [0.29, 0.717) is 44.4 Å². The maximum absolute atomic E-state index is 5.68. The van der Waals surface area contributed by atoms with Gasteiger partial charge in [-0.2, -0.15) is 0 Å². The van der Waals surface area contributed by atoms with E-state index in [1.54, 1.807) is 0 Å². The molecule has 1 aliphatic heterocycles. The summed E-state index contributed by atoms with van der Waals surface area (Å²) in [6, 6.07) is 9.48. The highest BCUT2D eigenvalue weighted by Crippen LogP contribution is 2.18. The van der Waals surface area contributed by atoms with Gasteiger partial charge in [0.15, 0.2) is 5.96 Å². The van der Waals surface area contributed by atoms with Crippen LogP contribution < -0.4 is 10.6 Å². The largest absolute Gasteiger partial charge is 0.379 e. The fourth-order valence-electron chi connectivity index (χ4n) is 3.55. The minimum atomic E-state index is 0.431. The molecule has 29 heavy (non-hydrogen) atoms. The molecule has 6 nitrogen and oxygen atoms in total. The van der Waals surface area contributed by atoms with Crippen LogP contribution in [0.4, 0.5) is 0 Å². The van der Waals surface area contributed by atoms with Crippen molar-refractivity contribution in [1.82, 2.24) is 15.5 Å². The van der Waals surface area contributed by atoms with Crippen LogP contribution in [0.15, 0.2) is 29.3 Å². The summed E-state index contributed by atoms with van der Waals surface area (Å²) in [5.74, 6) is 1.51. The van der Waals surface area contributed by atoms with E-state index in [1.807, 2.05) is 6.92 Å². The average molecular weight is 405 g/mol. The molecule has 0 aromatic heterocycles. The van der Waals surface area contributed by atoms with Crippen LogP contribution in [0, 0.1) is 5.92 Å². The van der Waals surface area contributed by atoms with Gasteiger partial charge in [0, 0.05) is 38.3 Å². The number of hydrogen-bond acceptors (Lipinski definition) is 4. The highest BCUT2D eigenvalue weighted by Gasteiger charge is 2.31. The predicted molar refractivity (Wildman–Crippen MR) is 120 cm³/mol. The molecule has 1 heterocycles. The van der Waals surface area contributed by atoms with Crippen LogP contribution in [0.3, 0.4) is 0 Å². The Bertz CT molecular complexity index is 621. The quantitative estimate of drug-likeness (QED) is 0.337. The molecule has 1 fully saturated rings. The molecule has 0 spiro atoms. The summed E-state index contributed by atoms with van der Waals surface area (Å²) in [7, 11) is 0. The Labute approximate surface area is 177 Å². The molecule has 1 aliphatic rings.